The molecule has 37 heavy (non-hydrogen) atoms. The van der Waals surface area contributed by atoms with Gasteiger partial charge in [-0.1, -0.05) is 66.2 Å². The number of amides is 1. The molecule has 1 aliphatic heterocycles. The fourth-order valence-electron chi connectivity index (χ4n) is 4.93. The minimum absolute atomic E-state index is 0.0947. The van der Waals surface area contributed by atoms with Gasteiger partial charge in [-0.25, -0.2) is 0 Å². The third kappa shape index (κ3) is 4.08. The van der Waals surface area contributed by atoms with E-state index in [1.54, 1.807) is 11.0 Å². The van der Waals surface area contributed by atoms with Gasteiger partial charge in [0.1, 0.15) is 17.9 Å². The van der Waals surface area contributed by atoms with Crippen molar-refractivity contribution in [1.29, 1.82) is 0 Å². The van der Waals surface area contributed by atoms with Gasteiger partial charge in [0, 0.05) is 5.69 Å². The SMILES string of the molecule is Cc1cccc(N2C(=O)c3oc4ccc(C)cc4c(=O)c3C2c2ccc(OCc3ccccc3)cc2)c1. The molecule has 5 heteroatoms. The Morgan fingerprint density at radius 2 is 1.57 bits per heavy atom. The summed E-state index contributed by atoms with van der Waals surface area (Å²) in [5.41, 5.74) is 5.16. The molecule has 4 aromatic carbocycles. The topological polar surface area (TPSA) is 59.8 Å². The quantitative estimate of drug-likeness (QED) is 0.276. The van der Waals surface area contributed by atoms with Crippen molar-refractivity contribution in [2.24, 2.45) is 0 Å². The smallest absolute Gasteiger partial charge is 0.295 e. The lowest BCUT2D eigenvalue weighted by molar-refractivity contribution is 0.0971. The zero-order chi connectivity index (χ0) is 25.5. The average Bonchev–Trinajstić information content (AvgIpc) is 3.21. The molecule has 6 rings (SSSR count). The van der Waals surface area contributed by atoms with Gasteiger partial charge >= 0.3 is 0 Å². The molecule has 0 spiro atoms. The molecule has 0 saturated heterocycles. The number of fused-ring (bicyclic) bond motifs is 2. The number of ether oxygens (including phenoxy) is 1. The Labute approximate surface area is 214 Å². The minimum Gasteiger partial charge on any atom is -0.489 e. The summed E-state index contributed by atoms with van der Waals surface area (Å²) in [7, 11) is 0. The normalized spacial score (nSPS) is 14.7. The van der Waals surface area contributed by atoms with Gasteiger partial charge in [0.25, 0.3) is 5.91 Å². The van der Waals surface area contributed by atoms with Crippen LogP contribution in [0.4, 0.5) is 5.69 Å². The molecule has 0 fully saturated rings. The van der Waals surface area contributed by atoms with Gasteiger partial charge in [-0.3, -0.25) is 14.5 Å². The van der Waals surface area contributed by atoms with Crippen molar-refractivity contribution in [2.45, 2.75) is 26.5 Å². The third-order valence-electron chi connectivity index (χ3n) is 6.75. The van der Waals surface area contributed by atoms with Crippen LogP contribution in [0.5, 0.6) is 5.75 Å². The number of anilines is 1. The lowest BCUT2D eigenvalue weighted by Crippen LogP contribution is -2.29. The van der Waals surface area contributed by atoms with Gasteiger partial charge < -0.3 is 9.15 Å². The van der Waals surface area contributed by atoms with Crippen LogP contribution >= 0.6 is 0 Å². The van der Waals surface area contributed by atoms with Crippen molar-refractivity contribution in [3.8, 4) is 5.75 Å². The van der Waals surface area contributed by atoms with Crippen LogP contribution in [0.25, 0.3) is 11.0 Å². The second kappa shape index (κ2) is 9.10. The molecule has 5 nitrogen and oxygen atoms in total. The molecule has 0 radical (unpaired) electrons. The van der Waals surface area contributed by atoms with E-state index in [0.29, 0.717) is 34.6 Å². The summed E-state index contributed by atoms with van der Waals surface area (Å²) in [6.07, 6.45) is 0. The Balaban J connectivity index is 1.45. The second-order valence-corrected chi connectivity index (χ2v) is 9.43. The standard InChI is InChI=1S/C32H25NO4/c1-20-7-6-10-24(17-20)33-29(23-12-14-25(15-13-23)36-19-22-8-4-3-5-9-22)28-30(34)26-18-21(2)11-16-27(26)37-31(28)32(33)35/h3-18,29H,19H2,1-2H3. The fourth-order valence-corrected chi connectivity index (χ4v) is 4.93. The summed E-state index contributed by atoms with van der Waals surface area (Å²) >= 11 is 0. The van der Waals surface area contributed by atoms with E-state index in [0.717, 1.165) is 22.3 Å². The van der Waals surface area contributed by atoms with E-state index in [9.17, 15) is 9.59 Å². The van der Waals surface area contributed by atoms with Crippen molar-refractivity contribution in [1.82, 2.24) is 0 Å². The Hall–Kier alpha value is -4.64. The van der Waals surface area contributed by atoms with Gasteiger partial charge in [0.15, 0.2) is 5.43 Å². The van der Waals surface area contributed by atoms with E-state index in [4.69, 9.17) is 9.15 Å². The molecule has 0 aliphatic carbocycles. The van der Waals surface area contributed by atoms with Crippen LogP contribution in [0.3, 0.4) is 0 Å². The van der Waals surface area contributed by atoms with Crippen LogP contribution in [0, 0.1) is 13.8 Å². The van der Waals surface area contributed by atoms with E-state index in [2.05, 4.69) is 0 Å². The van der Waals surface area contributed by atoms with Crippen molar-refractivity contribution < 1.29 is 13.9 Å². The second-order valence-electron chi connectivity index (χ2n) is 9.43. The van der Waals surface area contributed by atoms with Crippen LogP contribution in [-0.2, 0) is 6.61 Å². The Kier molecular flexibility index (Phi) is 5.61. The molecule has 1 aliphatic rings. The van der Waals surface area contributed by atoms with Crippen molar-refractivity contribution in [3.05, 3.63) is 141 Å². The minimum atomic E-state index is -0.617. The first-order chi connectivity index (χ1) is 18.0. The molecular weight excluding hydrogens is 462 g/mol. The predicted molar refractivity (Wildman–Crippen MR) is 144 cm³/mol. The van der Waals surface area contributed by atoms with Gasteiger partial charge in [0.05, 0.1) is 17.0 Å². The van der Waals surface area contributed by atoms with Crippen LogP contribution < -0.4 is 15.1 Å². The number of hydrogen-bond acceptors (Lipinski definition) is 4. The Bertz CT molecular complexity index is 1690. The average molecular weight is 488 g/mol. The summed E-state index contributed by atoms with van der Waals surface area (Å²) in [6, 6.07) is 30.1. The summed E-state index contributed by atoms with van der Waals surface area (Å²) < 4.78 is 12.0. The number of nitrogens with zero attached hydrogens (tertiary/aromatic N) is 1. The number of rotatable bonds is 5. The Morgan fingerprint density at radius 3 is 2.32 bits per heavy atom. The molecule has 1 atom stereocenters. The van der Waals surface area contributed by atoms with Gasteiger partial charge in [-0.15, -0.1) is 0 Å². The molecule has 1 aromatic heterocycles. The lowest BCUT2D eigenvalue weighted by atomic mass is 9.97. The molecule has 0 N–H and O–H groups in total. The van der Waals surface area contributed by atoms with Crippen molar-refractivity contribution >= 4 is 22.6 Å². The zero-order valence-electron chi connectivity index (χ0n) is 20.6. The lowest BCUT2D eigenvalue weighted by Gasteiger charge is -2.25. The molecule has 0 saturated carbocycles. The van der Waals surface area contributed by atoms with Crippen molar-refractivity contribution in [2.75, 3.05) is 4.90 Å². The molecule has 0 bridgehead atoms. The van der Waals surface area contributed by atoms with Gasteiger partial charge in [0.2, 0.25) is 5.76 Å². The number of benzene rings is 4. The number of hydrogen-bond donors (Lipinski definition) is 0. The van der Waals surface area contributed by atoms with Crippen LogP contribution in [-0.4, -0.2) is 5.91 Å². The van der Waals surface area contributed by atoms with E-state index >= 15 is 0 Å². The number of carbonyl (C=O) groups excluding carboxylic acids is 1. The molecule has 1 amide bonds. The highest BCUT2D eigenvalue weighted by Crippen LogP contribution is 2.41. The Morgan fingerprint density at radius 1 is 0.811 bits per heavy atom. The van der Waals surface area contributed by atoms with E-state index in [1.165, 1.54) is 0 Å². The summed E-state index contributed by atoms with van der Waals surface area (Å²) in [4.78, 5) is 29.2. The largest absolute Gasteiger partial charge is 0.489 e. The summed E-state index contributed by atoms with van der Waals surface area (Å²) in [6.45, 7) is 4.36. The molecular formula is C32H25NO4. The van der Waals surface area contributed by atoms with Crippen LogP contribution in [0.15, 0.2) is 106 Å². The molecule has 1 unspecified atom stereocenters. The highest BCUT2D eigenvalue weighted by atomic mass is 16.5. The van der Waals surface area contributed by atoms with Gasteiger partial charge in [-0.05, 0) is 66.9 Å². The molecule has 5 aromatic rings. The van der Waals surface area contributed by atoms with E-state index in [-0.39, 0.29) is 17.1 Å². The maximum Gasteiger partial charge on any atom is 0.295 e. The summed E-state index contributed by atoms with van der Waals surface area (Å²) in [5, 5.41) is 0.477. The predicted octanol–water partition coefficient (Wildman–Crippen LogP) is 6.74. The first kappa shape index (κ1) is 22.8. The van der Waals surface area contributed by atoms with Crippen LogP contribution in [0.2, 0.25) is 0 Å². The van der Waals surface area contributed by atoms with Crippen LogP contribution in [0.1, 0.15) is 44.4 Å². The number of carbonyl (C=O) groups is 1. The maximum atomic E-state index is 13.8. The summed E-state index contributed by atoms with van der Waals surface area (Å²) in [5.74, 6) is 0.479. The van der Waals surface area contributed by atoms with E-state index in [1.807, 2.05) is 105 Å². The zero-order valence-corrected chi connectivity index (χ0v) is 20.6. The molecule has 182 valence electrons. The highest BCUT2D eigenvalue weighted by molar-refractivity contribution is 6.10. The van der Waals surface area contributed by atoms with E-state index < -0.39 is 6.04 Å². The first-order valence-corrected chi connectivity index (χ1v) is 12.2. The maximum absolute atomic E-state index is 13.8. The monoisotopic (exact) mass is 487 g/mol. The molecule has 2 heterocycles. The van der Waals surface area contributed by atoms with Crippen molar-refractivity contribution in [3.63, 3.8) is 0 Å². The first-order valence-electron chi connectivity index (χ1n) is 12.2. The number of aryl methyl sites for hydroxylation is 2. The highest BCUT2D eigenvalue weighted by Gasteiger charge is 2.43. The van der Waals surface area contributed by atoms with Gasteiger partial charge in [-0.2, -0.15) is 0 Å². The third-order valence-corrected chi connectivity index (χ3v) is 6.75. The fraction of sp³-hybridized carbons (Fsp3) is 0.125.